The van der Waals surface area contributed by atoms with Crippen LogP contribution in [0.2, 0.25) is 5.02 Å². The topological polar surface area (TPSA) is 93.5 Å². The molecule has 2 aromatic carbocycles. The standard InChI is InChI=1S/C17H16ClN3O4S/c1-10(2)25-13-5-3-4-11(8-13)16(22)20-17(26)19-15-7-6-12(21(23)24)9-14(15)18/h3-10H,1-2H3,(H2,19,20,22,26). The van der Waals surface area contributed by atoms with Gasteiger partial charge in [-0.05, 0) is 50.3 Å². The average Bonchev–Trinajstić information content (AvgIpc) is 2.56. The molecule has 0 radical (unpaired) electrons. The third kappa shape index (κ3) is 5.40. The highest BCUT2D eigenvalue weighted by atomic mass is 35.5. The van der Waals surface area contributed by atoms with E-state index >= 15 is 0 Å². The van der Waals surface area contributed by atoms with Crippen LogP contribution in [0.4, 0.5) is 11.4 Å². The molecule has 0 fully saturated rings. The molecule has 2 rings (SSSR count). The van der Waals surface area contributed by atoms with Crippen molar-refractivity contribution in [3.05, 3.63) is 63.2 Å². The van der Waals surface area contributed by atoms with Crippen LogP contribution in [-0.2, 0) is 0 Å². The Morgan fingerprint density at radius 2 is 2.00 bits per heavy atom. The Kier molecular flexibility index (Phi) is 6.48. The van der Waals surface area contributed by atoms with Crippen LogP contribution < -0.4 is 15.4 Å². The van der Waals surface area contributed by atoms with Gasteiger partial charge in [-0.25, -0.2) is 0 Å². The Labute approximate surface area is 160 Å². The number of nitrogens with one attached hydrogen (secondary N) is 2. The van der Waals surface area contributed by atoms with Crippen LogP contribution in [0, 0.1) is 10.1 Å². The Morgan fingerprint density at radius 3 is 2.62 bits per heavy atom. The van der Waals surface area contributed by atoms with Crippen LogP contribution in [0.1, 0.15) is 24.2 Å². The molecule has 0 atom stereocenters. The molecule has 0 unspecified atom stereocenters. The molecule has 0 saturated carbocycles. The van der Waals surface area contributed by atoms with E-state index in [0.717, 1.165) is 0 Å². The number of amides is 1. The maximum atomic E-state index is 12.3. The molecule has 0 aliphatic heterocycles. The number of nitro groups is 1. The summed E-state index contributed by atoms with van der Waals surface area (Å²) < 4.78 is 5.55. The molecular weight excluding hydrogens is 378 g/mol. The van der Waals surface area contributed by atoms with Crippen molar-refractivity contribution < 1.29 is 14.5 Å². The number of nitro benzene ring substituents is 1. The molecule has 0 saturated heterocycles. The Balaban J connectivity index is 2.03. The molecule has 0 bridgehead atoms. The summed E-state index contributed by atoms with van der Waals surface area (Å²) in [5.74, 6) is 0.152. The average molecular weight is 394 g/mol. The highest BCUT2D eigenvalue weighted by molar-refractivity contribution is 7.80. The quantitative estimate of drug-likeness (QED) is 0.450. The van der Waals surface area contributed by atoms with Gasteiger partial charge in [0.05, 0.1) is 21.7 Å². The molecule has 136 valence electrons. The van der Waals surface area contributed by atoms with E-state index in [1.54, 1.807) is 24.3 Å². The van der Waals surface area contributed by atoms with Crippen molar-refractivity contribution in [2.45, 2.75) is 20.0 Å². The molecule has 0 spiro atoms. The van der Waals surface area contributed by atoms with Crippen LogP contribution in [-0.4, -0.2) is 22.0 Å². The second kappa shape index (κ2) is 8.59. The van der Waals surface area contributed by atoms with Crippen LogP contribution >= 0.6 is 23.8 Å². The van der Waals surface area contributed by atoms with Gasteiger partial charge in [0.2, 0.25) is 0 Å². The molecule has 26 heavy (non-hydrogen) atoms. The van der Waals surface area contributed by atoms with Crippen molar-refractivity contribution in [2.75, 3.05) is 5.32 Å². The number of benzene rings is 2. The number of hydrogen-bond donors (Lipinski definition) is 2. The first-order valence-electron chi connectivity index (χ1n) is 7.59. The zero-order chi connectivity index (χ0) is 19.3. The SMILES string of the molecule is CC(C)Oc1cccc(C(=O)NC(=S)Nc2ccc([N+](=O)[O-])cc2Cl)c1. The summed E-state index contributed by atoms with van der Waals surface area (Å²) in [6.07, 6.45) is -0.0136. The summed E-state index contributed by atoms with van der Waals surface area (Å²) in [6, 6.07) is 10.6. The second-order valence-corrected chi connectivity index (χ2v) is 6.34. The number of non-ortho nitro benzene ring substituents is 1. The fourth-order valence-electron chi connectivity index (χ4n) is 2.03. The van der Waals surface area contributed by atoms with Gasteiger partial charge >= 0.3 is 0 Å². The molecule has 1 amide bonds. The number of carbonyl (C=O) groups is 1. The number of hydrogen-bond acceptors (Lipinski definition) is 5. The normalized spacial score (nSPS) is 10.3. The van der Waals surface area contributed by atoms with E-state index in [1.165, 1.54) is 18.2 Å². The van der Waals surface area contributed by atoms with Crippen LogP contribution in [0.25, 0.3) is 0 Å². The van der Waals surface area contributed by atoms with E-state index in [2.05, 4.69) is 10.6 Å². The first kappa shape index (κ1) is 19.6. The van der Waals surface area contributed by atoms with E-state index in [4.69, 9.17) is 28.6 Å². The number of nitrogens with zero attached hydrogens (tertiary/aromatic N) is 1. The molecule has 7 nitrogen and oxygen atoms in total. The van der Waals surface area contributed by atoms with Crippen molar-refractivity contribution in [2.24, 2.45) is 0 Å². The number of carbonyl (C=O) groups excluding carboxylic acids is 1. The zero-order valence-corrected chi connectivity index (χ0v) is 15.6. The first-order chi connectivity index (χ1) is 12.3. The number of halogens is 1. The molecule has 0 aliphatic carbocycles. The summed E-state index contributed by atoms with van der Waals surface area (Å²) in [5.41, 5.74) is 0.582. The third-order valence-corrected chi connectivity index (χ3v) is 3.62. The van der Waals surface area contributed by atoms with E-state index in [0.29, 0.717) is 17.0 Å². The highest BCUT2D eigenvalue weighted by Crippen LogP contribution is 2.26. The van der Waals surface area contributed by atoms with Crippen molar-refractivity contribution in [3.8, 4) is 5.75 Å². The number of rotatable bonds is 5. The van der Waals surface area contributed by atoms with Crippen molar-refractivity contribution in [1.82, 2.24) is 5.32 Å². The summed E-state index contributed by atoms with van der Waals surface area (Å²) in [7, 11) is 0. The Hall–Kier alpha value is -2.71. The Bertz CT molecular complexity index is 858. The number of ether oxygens (including phenoxy) is 1. The lowest BCUT2D eigenvalue weighted by Crippen LogP contribution is -2.34. The molecule has 0 heterocycles. The third-order valence-electron chi connectivity index (χ3n) is 3.11. The predicted molar refractivity (Wildman–Crippen MR) is 104 cm³/mol. The van der Waals surface area contributed by atoms with Gasteiger partial charge in [0.25, 0.3) is 11.6 Å². The maximum Gasteiger partial charge on any atom is 0.271 e. The van der Waals surface area contributed by atoms with Gasteiger partial charge in [-0.15, -0.1) is 0 Å². The summed E-state index contributed by atoms with van der Waals surface area (Å²) in [6.45, 7) is 3.78. The van der Waals surface area contributed by atoms with Crippen molar-refractivity contribution in [3.63, 3.8) is 0 Å². The minimum atomic E-state index is -0.554. The molecular formula is C17H16ClN3O4S. The lowest BCUT2D eigenvalue weighted by atomic mass is 10.2. The largest absolute Gasteiger partial charge is 0.491 e. The second-order valence-electron chi connectivity index (χ2n) is 5.52. The molecule has 0 aliphatic rings. The molecule has 2 aromatic rings. The smallest absolute Gasteiger partial charge is 0.271 e. The van der Waals surface area contributed by atoms with E-state index < -0.39 is 10.8 Å². The summed E-state index contributed by atoms with van der Waals surface area (Å²) in [5, 5.41) is 16.1. The number of anilines is 1. The summed E-state index contributed by atoms with van der Waals surface area (Å²) in [4.78, 5) is 22.5. The molecule has 9 heteroatoms. The lowest BCUT2D eigenvalue weighted by molar-refractivity contribution is -0.384. The minimum Gasteiger partial charge on any atom is -0.491 e. The van der Waals surface area contributed by atoms with Crippen LogP contribution in [0.15, 0.2) is 42.5 Å². The minimum absolute atomic E-state index is 0.0136. The fraction of sp³-hybridized carbons (Fsp3) is 0.176. The van der Waals surface area contributed by atoms with Gasteiger partial charge < -0.3 is 10.1 Å². The summed E-state index contributed by atoms with van der Waals surface area (Å²) >= 11 is 11.1. The van der Waals surface area contributed by atoms with Gasteiger partial charge in [0, 0.05) is 17.7 Å². The maximum absolute atomic E-state index is 12.3. The van der Waals surface area contributed by atoms with Gasteiger partial charge in [-0.2, -0.15) is 0 Å². The monoisotopic (exact) mass is 393 g/mol. The highest BCUT2D eigenvalue weighted by Gasteiger charge is 2.13. The van der Waals surface area contributed by atoms with E-state index in [1.807, 2.05) is 13.8 Å². The van der Waals surface area contributed by atoms with E-state index in [-0.39, 0.29) is 21.9 Å². The van der Waals surface area contributed by atoms with Crippen molar-refractivity contribution >= 4 is 46.2 Å². The van der Waals surface area contributed by atoms with E-state index in [9.17, 15) is 14.9 Å². The van der Waals surface area contributed by atoms with Crippen LogP contribution in [0.3, 0.4) is 0 Å². The number of thiocarbonyl (C=S) groups is 1. The predicted octanol–water partition coefficient (Wildman–Crippen LogP) is 4.16. The lowest BCUT2D eigenvalue weighted by Gasteiger charge is -2.12. The molecule has 2 N–H and O–H groups in total. The van der Waals surface area contributed by atoms with Gasteiger partial charge in [-0.1, -0.05) is 17.7 Å². The van der Waals surface area contributed by atoms with Crippen LogP contribution in [0.5, 0.6) is 5.75 Å². The first-order valence-corrected chi connectivity index (χ1v) is 8.38. The Morgan fingerprint density at radius 1 is 1.27 bits per heavy atom. The van der Waals surface area contributed by atoms with Gasteiger partial charge in [0.1, 0.15) is 5.75 Å². The zero-order valence-electron chi connectivity index (χ0n) is 14.0. The fourth-order valence-corrected chi connectivity index (χ4v) is 2.46. The van der Waals surface area contributed by atoms with Gasteiger partial charge in [0.15, 0.2) is 5.11 Å². The van der Waals surface area contributed by atoms with Crippen molar-refractivity contribution in [1.29, 1.82) is 0 Å². The molecule has 0 aromatic heterocycles. The van der Waals surface area contributed by atoms with Gasteiger partial charge in [-0.3, -0.25) is 20.2 Å².